The molecular formula is C15H28N2O3. The van der Waals surface area contributed by atoms with Crippen molar-refractivity contribution in [3.8, 4) is 0 Å². The van der Waals surface area contributed by atoms with Crippen LogP contribution in [0.15, 0.2) is 0 Å². The maximum atomic E-state index is 12.0. The van der Waals surface area contributed by atoms with Gasteiger partial charge in [-0.1, -0.05) is 20.8 Å². The van der Waals surface area contributed by atoms with E-state index >= 15 is 0 Å². The molecule has 1 amide bonds. The van der Waals surface area contributed by atoms with Crippen molar-refractivity contribution in [3.63, 3.8) is 0 Å². The van der Waals surface area contributed by atoms with Gasteiger partial charge < -0.3 is 10.4 Å². The van der Waals surface area contributed by atoms with Crippen molar-refractivity contribution >= 4 is 11.9 Å². The monoisotopic (exact) mass is 284 g/mol. The van der Waals surface area contributed by atoms with Gasteiger partial charge in [0.2, 0.25) is 5.91 Å². The smallest absolute Gasteiger partial charge is 0.310 e. The molecule has 5 heteroatoms. The number of rotatable bonds is 6. The predicted molar refractivity (Wildman–Crippen MR) is 78.5 cm³/mol. The van der Waals surface area contributed by atoms with Gasteiger partial charge in [-0.3, -0.25) is 14.5 Å². The molecule has 0 aliphatic carbocycles. The molecule has 1 fully saturated rings. The molecule has 0 aromatic rings. The molecular weight excluding hydrogens is 256 g/mol. The minimum absolute atomic E-state index is 0.0107. The maximum Gasteiger partial charge on any atom is 0.310 e. The number of carboxylic acids is 1. The van der Waals surface area contributed by atoms with E-state index in [4.69, 9.17) is 0 Å². The molecule has 2 unspecified atom stereocenters. The third-order valence-corrected chi connectivity index (χ3v) is 4.54. The van der Waals surface area contributed by atoms with E-state index in [1.807, 2.05) is 18.7 Å². The molecule has 1 aliphatic heterocycles. The molecule has 1 aliphatic rings. The minimum atomic E-state index is -0.736. The lowest BCUT2D eigenvalue weighted by atomic mass is 9.77. The molecule has 2 N–H and O–H groups in total. The van der Waals surface area contributed by atoms with Gasteiger partial charge in [0.05, 0.1) is 12.0 Å². The highest BCUT2D eigenvalue weighted by Gasteiger charge is 2.41. The largest absolute Gasteiger partial charge is 0.481 e. The zero-order valence-electron chi connectivity index (χ0n) is 13.1. The topological polar surface area (TPSA) is 69.6 Å². The summed E-state index contributed by atoms with van der Waals surface area (Å²) < 4.78 is 0. The molecule has 116 valence electrons. The van der Waals surface area contributed by atoms with Crippen LogP contribution in [-0.2, 0) is 9.59 Å². The predicted octanol–water partition coefficient (Wildman–Crippen LogP) is 1.72. The Balaban J connectivity index is 2.56. The first-order valence-electron chi connectivity index (χ1n) is 7.56. The van der Waals surface area contributed by atoms with Crippen molar-refractivity contribution < 1.29 is 14.7 Å². The standard InChI is InChI=1S/C15H28N2O3/c1-5-15(14(19)20)7-6-8-17(10-15)9-13(18)16-12(4)11(2)3/h11-12H,5-10H2,1-4H3,(H,16,18)(H,19,20). The molecule has 0 aromatic heterocycles. The number of aliphatic carboxylic acids is 1. The summed E-state index contributed by atoms with van der Waals surface area (Å²) in [5, 5.41) is 12.4. The van der Waals surface area contributed by atoms with Crippen LogP contribution < -0.4 is 5.32 Å². The fourth-order valence-corrected chi connectivity index (χ4v) is 2.65. The summed E-state index contributed by atoms with van der Waals surface area (Å²) in [4.78, 5) is 25.4. The number of nitrogens with zero attached hydrogens (tertiary/aromatic N) is 1. The number of likely N-dealkylation sites (tertiary alicyclic amines) is 1. The van der Waals surface area contributed by atoms with E-state index in [1.165, 1.54) is 0 Å². The second kappa shape index (κ2) is 7.07. The molecule has 20 heavy (non-hydrogen) atoms. The van der Waals surface area contributed by atoms with E-state index in [-0.39, 0.29) is 11.9 Å². The molecule has 1 saturated heterocycles. The Hall–Kier alpha value is -1.10. The average Bonchev–Trinajstić information content (AvgIpc) is 2.38. The first kappa shape index (κ1) is 17.0. The number of carbonyl (C=O) groups excluding carboxylic acids is 1. The van der Waals surface area contributed by atoms with Crippen molar-refractivity contribution in [2.24, 2.45) is 11.3 Å². The van der Waals surface area contributed by atoms with E-state index in [2.05, 4.69) is 19.2 Å². The summed E-state index contributed by atoms with van der Waals surface area (Å²) >= 11 is 0. The summed E-state index contributed by atoms with van der Waals surface area (Å²) in [6, 6.07) is 0.141. The van der Waals surface area contributed by atoms with Crippen molar-refractivity contribution in [2.45, 2.75) is 53.0 Å². The average molecular weight is 284 g/mol. The van der Waals surface area contributed by atoms with E-state index < -0.39 is 11.4 Å². The van der Waals surface area contributed by atoms with Gasteiger partial charge in [-0.05, 0) is 38.6 Å². The third-order valence-electron chi connectivity index (χ3n) is 4.54. The summed E-state index contributed by atoms with van der Waals surface area (Å²) in [7, 11) is 0. The first-order valence-corrected chi connectivity index (χ1v) is 7.56. The second-order valence-corrected chi connectivity index (χ2v) is 6.35. The molecule has 2 atom stereocenters. The maximum absolute atomic E-state index is 12.0. The summed E-state index contributed by atoms with van der Waals surface area (Å²) in [6.07, 6.45) is 2.16. The van der Waals surface area contributed by atoms with E-state index in [1.54, 1.807) is 0 Å². The quantitative estimate of drug-likeness (QED) is 0.779. The molecule has 1 heterocycles. The van der Waals surface area contributed by atoms with Gasteiger partial charge in [0, 0.05) is 12.6 Å². The second-order valence-electron chi connectivity index (χ2n) is 6.35. The van der Waals surface area contributed by atoms with Crippen LogP contribution >= 0.6 is 0 Å². The zero-order valence-corrected chi connectivity index (χ0v) is 13.1. The Morgan fingerprint density at radius 2 is 2.00 bits per heavy atom. The molecule has 0 aromatic carbocycles. The summed E-state index contributed by atoms with van der Waals surface area (Å²) in [6.45, 7) is 9.62. The number of amides is 1. The molecule has 1 rings (SSSR count). The number of nitrogens with one attached hydrogen (secondary N) is 1. The van der Waals surface area contributed by atoms with Gasteiger partial charge >= 0.3 is 5.97 Å². The zero-order chi connectivity index (χ0) is 15.3. The van der Waals surface area contributed by atoms with Crippen LogP contribution in [0.4, 0.5) is 0 Å². The lowest BCUT2D eigenvalue weighted by Crippen LogP contribution is -2.51. The van der Waals surface area contributed by atoms with Gasteiger partial charge in [0.1, 0.15) is 0 Å². The van der Waals surface area contributed by atoms with Crippen LogP contribution in [-0.4, -0.2) is 47.6 Å². The molecule has 5 nitrogen and oxygen atoms in total. The Labute approximate surface area is 121 Å². The minimum Gasteiger partial charge on any atom is -0.481 e. The van der Waals surface area contributed by atoms with Crippen molar-refractivity contribution in [3.05, 3.63) is 0 Å². The van der Waals surface area contributed by atoms with E-state index in [0.29, 0.717) is 31.8 Å². The van der Waals surface area contributed by atoms with E-state index in [9.17, 15) is 14.7 Å². The van der Waals surface area contributed by atoms with Crippen molar-refractivity contribution in [2.75, 3.05) is 19.6 Å². The van der Waals surface area contributed by atoms with E-state index in [0.717, 1.165) is 13.0 Å². The van der Waals surface area contributed by atoms with Crippen LogP contribution in [0.5, 0.6) is 0 Å². The lowest BCUT2D eigenvalue weighted by molar-refractivity contribution is -0.153. The van der Waals surface area contributed by atoms with Crippen molar-refractivity contribution in [1.29, 1.82) is 0 Å². The van der Waals surface area contributed by atoms with Crippen LogP contribution in [0.25, 0.3) is 0 Å². The Morgan fingerprint density at radius 3 is 2.50 bits per heavy atom. The van der Waals surface area contributed by atoms with Crippen LogP contribution in [0.1, 0.15) is 47.0 Å². The SMILES string of the molecule is CCC1(C(=O)O)CCCN(CC(=O)NC(C)C(C)C)C1. The number of carboxylic acid groups (broad SMARTS) is 1. The Bertz CT molecular complexity index is 357. The van der Waals surface area contributed by atoms with Crippen molar-refractivity contribution in [1.82, 2.24) is 10.2 Å². The highest BCUT2D eigenvalue weighted by atomic mass is 16.4. The summed E-state index contributed by atoms with van der Waals surface area (Å²) in [5.74, 6) is -0.349. The fourth-order valence-electron chi connectivity index (χ4n) is 2.65. The molecule has 0 bridgehead atoms. The molecule has 0 spiro atoms. The van der Waals surface area contributed by atoms with Crippen LogP contribution in [0, 0.1) is 11.3 Å². The van der Waals surface area contributed by atoms with Crippen LogP contribution in [0.3, 0.4) is 0 Å². The molecule has 0 saturated carbocycles. The van der Waals surface area contributed by atoms with Gasteiger partial charge in [-0.25, -0.2) is 0 Å². The Kier molecular flexibility index (Phi) is 5.99. The van der Waals surface area contributed by atoms with Gasteiger partial charge in [-0.2, -0.15) is 0 Å². The number of piperidine rings is 1. The third kappa shape index (κ3) is 4.20. The van der Waals surface area contributed by atoms with Gasteiger partial charge in [-0.15, -0.1) is 0 Å². The number of hydrogen-bond donors (Lipinski definition) is 2. The van der Waals surface area contributed by atoms with Gasteiger partial charge in [0.25, 0.3) is 0 Å². The molecule has 0 radical (unpaired) electrons. The first-order chi connectivity index (χ1) is 9.30. The number of carbonyl (C=O) groups is 2. The van der Waals surface area contributed by atoms with Crippen LogP contribution in [0.2, 0.25) is 0 Å². The fraction of sp³-hybridized carbons (Fsp3) is 0.867. The Morgan fingerprint density at radius 1 is 1.35 bits per heavy atom. The highest BCUT2D eigenvalue weighted by Crippen LogP contribution is 2.33. The summed E-state index contributed by atoms with van der Waals surface area (Å²) in [5.41, 5.74) is -0.678. The number of hydrogen-bond acceptors (Lipinski definition) is 3. The normalized spacial score (nSPS) is 25.4. The highest BCUT2D eigenvalue weighted by molar-refractivity contribution is 5.79. The van der Waals surface area contributed by atoms with Gasteiger partial charge in [0.15, 0.2) is 0 Å². The lowest BCUT2D eigenvalue weighted by Gasteiger charge is -2.39.